The van der Waals surface area contributed by atoms with Crippen molar-refractivity contribution in [3.05, 3.63) is 108 Å². The number of carbonyl (C=O) groups is 13. The van der Waals surface area contributed by atoms with Gasteiger partial charge in [0.2, 0.25) is 76.8 Å². The molecule has 122 heavy (non-hydrogen) atoms. The van der Waals surface area contributed by atoms with E-state index in [-0.39, 0.29) is 115 Å². The Morgan fingerprint density at radius 2 is 0.730 bits per heavy atom. The summed E-state index contributed by atoms with van der Waals surface area (Å²) in [5, 5.41) is 32.2. The van der Waals surface area contributed by atoms with Gasteiger partial charge in [0.05, 0.1) is 6.04 Å². The molecule has 0 aliphatic carbocycles. The Morgan fingerprint density at radius 3 is 1.14 bits per heavy atom. The van der Waals surface area contributed by atoms with Crippen LogP contribution >= 0.6 is 0 Å². The van der Waals surface area contributed by atoms with Crippen molar-refractivity contribution in [2.24, 2.45) is 63.6 Å². The van der Waals surface area contributed by atoms with Crippen LogP contribution in [0.3, 0.4) is 0 Å². The van der Waals surface area contributed by atoms with E-state index in [0.717, 1.165) is 22.0 Å². The van der Waals surface area contributed by atoms with E-state index >= 15 is 24.0 Å². The molecule has 14 atom stereocenters. The van der Waals surface area contributed by atoms with E-state index < -0.39 is 161 Å². The van der Waals surface area contributed by atoms with E-state index in [1.165, 1.54) is 4.90 Å². The molecule has 1 fully saturated rings. The van der Waals surface area contributed by atoms with E-state index in [2.05, 4.69) is 63.5 Å². The van der Waals surface area contributed by atoms with Crippen molar-refractivity contribution in [1.29, 1.82) is 0 Å². The zero-order valence-corrected chi connectivity index (χ0v) is 72.6. The molecule has 1 aliphatic rings. The maximum absolute atomic E-state index is 15.2. The second-order valence-corrected chi connectivity index (χ2v) is 33.1. The van der Waals surface area contributed by atoms with Gasteiger partial charge in [-0.2, -0.15) is 0 Å². The van der Waals surface area contributed by atoms with Crippen molar-refractivity contribution in [3.63, 3.8) is 0 Å². The van der Waals surface area contributed by atoms with Gasteiger partial charge in [-0.1, -0.05) is 133 Å². The number of aromatic nitrogens is 1. The van der Waals surface area contributed by atoms with Crippen molar-refractivity contribution in [2.45, 2.75) is 287 Å². The number of hydrogen-bond donors (Lipinski definition) is 20. The number of nitrogens with zero attached hydrogens (tertiary/aromatic N) is 1. The Hall–Kier alpha value is -9.97. The number of rotatable bonds is 60. The Bertz CT molecular complexity index is 3910. The minimum Gasteiger partial charge on any atom is -0.368 e. The van der Waals surface area contributed by atoms with Crippen LogP contribution in [0.4, 0.5) is 0 Å². The average Bonchev–Trinajstić information content (AvgIpc) is 1.62. The molecular weight excluding hydrogens is 1560 g/mol. The average molecular weight is 1700 g/mol. The van der Waals surface area contributed by atoms with Gasteiger partial charge in [0.25, 0.3) is 0 Å². The Balaban J connectivity index is 1.38. The first-order chi connectivity index (χ1) is 58.5. The van der Waals surface area contributed by atoms with Gasteiger partial charge in [0.1, 0.15) is 72.5 Å². The summed E-state index contributed by atoms with van der Waals surface area (Å²) in [4.78, 5) is 194. The van der Waals surface area contributed by atoms with Crippen molar-refractivity contribution in [2.75, 3.05) is 45.8 Å². The van der Waals surface area contributed by atoms with Gasteiger partial charge in [-0.3, -0.25) is 62.3 Å². The zero-order valence-electron chi connectivity index (χ0n) is 72.6. The summed E-state index contributed by atoms with van der Waals surface area (Å²) in [6.45, 7) is 12.9. The van der Waals surface area contributed by atoms with E-state index in [9.17, 15) is 38.4 Å². The van der Waals surface area contributed by atoms with Crippen LogP contribution in [0.15, 0.2) is 91.1 Å². The summed E-state index contributed by atoms with van der Waals surface area (Å²) in [6.07, 6.45) is 9.14. The number of carbonyl (C=O) groups excluding carboxylic acids is 13. The van der Waals surface area contributed by atoms with E-state index in [0.29, 0.717) is 115 Å². The van der Waals surface area contributed by atoms with E-state index in [1.54, 1.807) is 67.7 Å². The molecule has 1 aliphatic heterocycles. The summed E-state index contributed by atoms with van der Waals surface area (Å²) in [5.74, 6) is -10.0. The molecule has 0 spiro atoms. The molecule has 678 valence electrons. The standard InChI is InChI=1S/C88H143N21O13/c1-7-57(6)75(88(122)109-48-28-41-74(109)87(121)107-71(50-56(4)5)83(117)100-64(36-17-23-43-90)78(112)98-66(38-19-25-45-92)80(114)103-69(76(96)110)51-58-29-10-8-11-30-58)108-82(116)68(40-21-27-47-94)99-79(113)65(37-18-24-44-91)101-85(119)72(52-59-31-12-9-13-32-59)106-84(118)70(49-55(2)3)105-81(115)67(39-20-26-46-93)102-86(120)73(104-77(111)62(95)34-16-22-42-89)53-60-54-97-63-35-15-14-33-61(60)63/h8-15,29-33,35,54-57,62,64-75,97H,7,16-28,34,36-53,89-95H2,1-6H3,(H2,96,110)(H,98,112)(H,99,113)(H,100,117)(H,101,119)(H,102,120)(H,103,114)(H,104,111)(H,105,115)(H,106,118)(H,107,121)(H,108,116)/t57-,62-,64-,65-,66-,67-,68-,69-,70-,71-,72-,73-,74-,75-/m0/s1. The fraction of sp³-hybridized carbons (Fsp3) is 0.625. The fourth-order valence-corrected chi connectivity index (χ4v) is 14.9. The normalized spacial score (nSPS) is 15.9. The van der Waals surface area contributed by atoms with Crippen molar-refractivity contribution in [1.82, 2.24) is 68.4 Å². The molecule has 1 aromatic heterocycles. The lowest BCUT2D eigenvalue weighted by Gasteiger charge is -2.33. The lowest BCUT2D eigenvalue weighted by molar-refractivity contribution is -0.143. The van der Waals surface area contributed by atoms with Crippen LogP contribution in [0.1, 0.15) is 206 Å². The first-order valence-corrected chi connectivity index (χ1v) is 44.0. The van der Waals surface area contributed by atoms with Crippen LogP contribution in [0.2, 0.25) is 0 Å². The molecule has 3 aromatic carbocycles. The van der Waals surface area contributed by atoms with Gasteiger partial charge >= 0.3 is 0 Å². The topological polar surface area (TPSA) is 581 Å². The number of amides is 13. The van der Waals surface area contributed by atoms with Crippen LogP contribution in [0.25, 0.3) is 10.9 Å². The predicted octanol–water partition coefficient (Wildman–Crippen LogP) is 1.24. The molecule has 5 rings (SSSR count). The van der Waals surface area contributed by atoms with Gasteiger partial charge in [-0.15, -0.1) is 0 Å². The van der Waals surface area contributed by atoms with Gasteiger partial charge in [-0.05, 0) is 215 Å². The smallest absolute Gasteiger partial charge is 0.246 e. The molecule has 34 heteroatoms. The summed E-state index contributed by atoms with van der Waals surface area (Å²) in [6, 6.07) is 9.49. The van der Waals surface area contributed by atoms with Gasteiger partial charge in [0, 0.05) is 42.9 Å². The Morgan fingerprint density at radius 1 is 0.393 bits per heavy atom. The second-order valence-electron chi connectivity index (χ2n) is 33.1. The number of hydrogen-bond acceptors (Lipinski definition) is 20. The number of likely N-dealkylation sites (tertiary alicyclic amines) is 1. The molecule has 28 N–H and O–H groups in total. The first kappa shape index (κ1) is 103. The number of fused-ring (bicyclic) bond motifs is 1. The molecule has 0 bridgehead atoms. The molecular formula is C88H143N21O13. The van der Waals surface area contributed by atoms with Crippen molar-refractivity contribution < 1.29 is 62.3 Å². The Kier molecular flexibility index (Phi) is 47.0. The molecule has 2 heterocycles. The molecule has 0 saturated carbocycles. The summed E-state index contributed by atoms with van der Waals surface area (Å²) in [5.41, 5.74) is 50.3. The largest absolute Gasteiger partial charge is 0.368 e. The molecule has 34 nitrogen and oxygen atoms in total. The zero-order chi connectivity index (χ0) is 89.6. The highest BCUT2D eigenvalue weighted by Crippen LogP contribution is 2.25. The molecule has 0 unspecified atom stereocenters. The third-order valence-electron chi connectivity index (χ3n) is 22.1. The highest BCUT2D eigenvalue weighted by molar-refractivity contribution is 6.00. The van der Waals surface area contributed by atoms with E-state index in [4.69, 9.17) is 45.9 Å². The number of aromatic amines is 1. The third kappa shape index (κ3) is 35.5. The SMILES string of the molecule is CC[C@H](C)[C@H](NC(=O)[C@H](CCCCN)NC(=O)[C@H](CCCCN)NC(=O)[C@H](Cc1ccccc1)NC(=O)[C@H](CC(C)C)NC(=O)[C@H](CCCCN)NC(=O)[C@H](Cc1c[nH]c2ccccc12)NC(=O)[C@@H](N)CCCCN)C(=O)N1CCC[C@H]1C(=O)N[C@@H](CC(C)C)C(=O)N[C@@H](CCCCN)C(=O)N[C@@H](CCCCN)C(=O)N[C@@H](Cc1ccccc1)C(N)=O. The number of benzene rings is 3. The number of para-hydroxylation sites is 1. The minimum atomic E-state index is -1.38. The minimum absolute atomic E-state index is 0.0235. The van der Waals surface area contributed by atoms with Gasteiger partial charge < -0.3 is 114 Å². The summed E-state index contributed by atoms with van der Waals surface area (Å²) >= 11 is 0. The highest BCUT2D eigenvalue weighted by Gasteiger charge is 2.43. The number of nitrogens with two attached hydrogens (primary N) is 8. The molecule has 0 radical (unpaired) electrons. The van der Waals surface area contributed by atoms with Crippen LogP contribution in [-0.4, -0.2) is 211 Å². The number of nitrogens with one attached hydrogen (secondary N) is 12. The van der Waals surface area contributed by atoms with Crippen molar-refractivity contribution in [3.8, 4) is 0 Å². The maximum Gasteiger partial charge on any atom is 0.246 e. The monoisotopic (exact) mass is 1700 g/mol. The summed E-state index contributed by atoms with van der Waals surface area (Å²) < 4.78 is 0. The second kappa shape index (κ2) is 55.9. The maximum atomic E-state index is 15.2. The van der Waals surface area contributed by atoms with Crippen LogP contribution in [-0.2, 0) is 81.6 Å². The highest BCUT2D eigenvalue weighted by atomic mass is 16.2. The first-order valence-electron chi connectivity index (χ1n) is 44.0. The summed E-state index contributed by atoms with van der Waals surface area (Å²) in [7, 11) is 0. The van der Waals surface area contributed by atoms with Crippen LogP contribution < -0.4 is 104 Å². The quantitative estimate of drug-likeness (QED) is 0.0277. The molecule has 4 aromatic rings. The van der Waals surface area contributed by atoms with Crippen LogP contribution in [0, 0.1) is 17.8 Å². The fourth-order valence-electron chi connectivity index (χ4n) is 14.9. The van der Waals surface area contributed by atoms with E-state index in [1.807, 2.05) is 65.0 Å². The number of primary amides is 1. The molecule has 13 amide bonds. The third-order valence-corrected chi connectivity index (χ3v) is 22.1. The lowest BCUT2D eigenvalue weighted by Crippen LogP contribution is -2.61. The lowest BCUT2D eigenvalue weighted by atomic mass is 9.96. The Labute approximate surface area is 719 Å². The van der Waals surface area contributed by atoms with Crippen LogP contribution in [0.5, 0.6) is 0 Å². The van der Waals surface area contributed by atoms with Gasteiger partial charge in [-0.25, -0.2) is 0 Å². The molecule has 1 saturated heterocycles. The van der Waals surface area contributed by atoms with Gasteiger partial charge in [0.15, 0.2) is 0 Å². The van der Waals surface area contributed by atoms with Crippen molar-refractivity contribution >= 4 is 87.7 Å². The predicted molar refractivity (Wildman–Crippen MR) is 471 cm³/mol. The number of unbranched alkanes of at least 4 members (excludes halogenated alkanes) is 6. The number of H-pyrrole nitrogens is 1.